The van der Waals surface area contributed by atoms with Crippen LogP contribution in [0.15, 0.2) is 42.5 Å². The van der Waals surface area contributed by atoms with Crippen LogP contribution in [-0.2, 0) is 11.2 Å². The Hall–Kier alpha value is -1.91. The summed E-state index contributed by atoms with van der Waals surface area (Å²) in [5.74, 6) is -1.03. The predicted octanol–water partition coefficient (Wildman–Crippen LogP) is 2.36. The van der Waals surface area contributed by atoms with E-state index in [2.05, 4.69) is 4.98 Å². The number of pyridine rings is 1. The molecule has 98 valence electrons. The van der Waals surface area contributed by atoms with Crippen molar-refractivity contribution in [3.05, 3.63) is 53.2 Å². The fraction of sp³-hybridized carbons (Fsp3) is 0.143. The van der Waals surface area contributed by atoms with Gasteiger partial charge in [-0.05, 0) is 24.3 Å². The van der Waals surface area contributed by atoms with Gasteiger partial charge in [0.1, 0.15) is 6.04 Å². The molecule has 0 aliphatic heterocycles. The lowest BCUT2D eigenvalue weighted by Crippen LogP contribution is -2.32. The molecule has 19 heavy (non-hydrogen) atoms. The first-order valence-corrected chi connectivity index (χ1v) is 6.14. The van der Waals surface area contributed by atoms with Crippen LogP contribution in [0.3, 0.4) is 0 Å². The summed E-state index contributed by atoms with van der Waals surface area (Å²) in [5.41, 5.74) is 7.85. The Labute approximate surface area is 115 Å². The molecule has 1 atom stereocenters. The van der Waals surface area contributed by atoms with Crippen molar-refractivity contribution in [3.8, 4) is 11.3 Å². The Morgan fingerprint density at radius 2 is 1.95 bits per heavy atom. The van der Waals surface area contributed by atoms with Gasteiger partial charge in [0.05, 0.1) is 5.69 Å². The molecule has 0 bridgehead atoms. The summed E-state index contributed by atoms with van der Waals surface area (Å²) >= 11 is 5.83. The molecule has 0 fully saturated rings. The van der Waals surface area contributed by atoms with Crippen molar-refractivity contribution >= 4 is 17.6 Å². The molecule has 0 saturated carbocycles. The number of hydrogen-bond donors (Lipinski definition) is 2. The van der Waals surface area contributed by atoms with Gasteiger partial charge in [0.25, 0.3) is 0 Å². The Kier molecular flexibility index (Phi) is 4.14. The van der Waals surface area contributed by atoms with Crippen molar-refractivity contribution in [1.82, 2.24) is 4.98 Å². The van der Waals surface area contributed by atoms with E-state index in [1.807, 2.05) is 24.3 Å². The maximum atomic E-state index is 10.7. The standard InChI is InChI=1S/C14H13ClN2O2/c15-10-6-4-9(5-7-10)13-3-1-2-11(17-13)8-12(16)14(18)19/h1-7,12H,8,16H2,(H,18,19). The Balaban J connectivity index is 2.24. The third-order valence-corrected chi connectivity index (χ3v) is 2.94. The largest absolute Gasteiger partial charge is 0.480 e. The summed E-state index contributed by atoms with van der Waals surface area (Å²) in [5, 5.41) is 9.45. The van der Waals surface area contributed by atoms with Crippen LogP contribution in [0.1, 0.15) is 5.69 Å². The van der Waals surface area contributed by atoms with Crippen LogP contribution >= 0.6 is 11.6 Å². The number of nitrogens with two attached hydrogens (primary N) is 1. The highest BCUT2D eigenvalue weighted by Crippen LogP contribution is 2.20. The molecule has 3 N–H and O–H groups in total. The van der Waals surface area contributed by atoms with Crippen LogP contribution in [0, 0.1) is 0 Å². The maximum Gasteiger partial charge on any atom is 0.320 e. The van der Waals surface area contributed by atoms with Crippen molar-refractivity contribution < 1.29 is 9.90 Å². The molecule has 0 aliphatic carbocycles. The average Bonchev–Trinajstić information content (AvgIpc) is 2.39. The van der Waals surface area contributed by atoms with E-state index in [4.69, 9.17) is 22.4 Å². The number of carboxylic acid groups (broad SMARTS) is 1. The van der Waals surface area contributed by atoms with Gasteiger partial charge in [-0.1, -0.05) is 29.8 Å². The Bertz CT molecular complexity index is 584. The molecule has 1 unspecified atom stereocenters. The number of aromatic nitrogens is 1. The van der Waals surface area contributed by atoms with Gasteiger partial charge >= 0.3 is 5.97 Å². The summed E-state index contributed by atoms with van der Waals surface area (Å²) in [6, 6.07) is 11.8. The molecule has 1 aromatic carbocycles. The molecule has 2 rings (SSSR count). The van der Waals surface area contributed by atoms with Gasteiger partial charge < -0.3 is 10.8 Å². The van der Waals surface area contributed by atoms with Crippen LogP contribution < -0.4 is 5.73 Å². The number of rotatable bonds is 4. The van der Waals surface area contributed by atoms with Crippen LogP contribution in [0.2, 0.25) is 5.02 Å². The van der Waals surface area contributed by atoms with Crippen LogP contribution in [0.4, 0.5) is 0 Å². The smallest absolute Gasteiger partial charge is 0.320 e. The third-order valence-electron chi connectivity index (χ3n) is 2.69. The quantitative estimate of drug-likeness (QED) is 0.899. The SMILES string of the molecule is NC(Cc1cccc(-c2ccc(Cl)cc2)n1)C(=O)O. The minimum Gasteiger partial charge on any atom is -0.480 e. The number of benzene rings is 1. The lowest BCUT2D eigenvalue weighted by Gasteiger charge is -2.07. The molecule has 0 saturated heterocycles. The fourth-order valence-corrected chi connectivity index (χ4v) is 1.81. The number of halogens is 1. The van der Waals surface area contributed by atoms with E-state index in [0.717, 1.165) is 11.3 Å². The highest BCUT2D eigenvalue weighted by atomic mass is 35.5. The van der Waals surface area contributed by atoms with E-state index >= 15 is 0 Å². The van der Waals surface area contributed by atoms with Crippen molar-refractivity contribution in [2.24, 2.45) is 5.73 Å². The number of nitrogens with zero attached hydrogens (tertiary/aromatic N) is 1. The fourth-order valence-electron chi connectivity index (χ4n) is 1.69. The zero-order chi connectivity index (χ0) is 13.8. The van der Waals surface area contributed by atoms with Gasteiger partial charge in [-0.3, -0.25) is 9.78 Å². The topological polar surface area (TPSA) is 76.2 Å². The van der Waals surface area contributed by atoms with E-state index in [0.29, 0.717) is 10.7 Å². The van der Waals surface area contributed by atoms with Gasteiger partial charge in [0.2, 0.25) is 0 Å². The van der Waals surface area contributed by atoms with Crippen LogP contribution in [0.25, 0.3) is 11.3 Å². The zero-order valence-corrected chi connectivity index (χ0v) is 10.8. The van der Waals surface area contributed by atoms with Gasteiger partial charge in [-0.2, -0.15) is 0 Å². The van der Waals surface area contributed by atoms with Crippen molar-refractivity contribution in [3.63, 3.8) is 0 Å². The third kappa shape index (κ3) is 3.53. The number of carboxylic acids is 1. The second kappa shape index (κ2) is 5.82. The minimum atomic E-state index is -1.03. The summed E-state index contributed by atoms with van der Waals surface area (Å²) < 4.78 is 0. The number of aliphatic carboxylic acids is 1. The normalized spacial score (nSPS) is 12.1. The number of hydrogen-bond acceptors (Lipinski definition) is 3. The van der Waals surface area contributed by atoms with Gasteiger partial charge in [0, 0.05) is 22.7 Å². The molecule has 5 heteroatoms. The molecule has 0 aliphatic rings. The molecule has 0 amide bonds. The second-order valence-corrected chi connectivity index (χ2v) is 4.61. The van der Waals surface area contributed by atoms with E-state index < -0.39 is 12.0 Å². The highest BCUT2D eigenvalue weighted by Gasteiger charge is 2.13. The predicted molar refractivity (Wildman–Crippen MR) is 74.0 cm³/mol. The minimum absolute atomic E-state index is 0.205. The van der Waals surface area contributed by atoms with Gasteiger partial charge in [-0.15, -0.1) is 0 Å². The molecule has 1 aromatic heterocycles. The molecular formula is C14H13ClN2O2. The molecule has 2 aromatic rings. The van der Waals surface area contributed by atoms with E-state index in [1.54, 1.807) is 18.2 Å². The monoisotopic (exact) mass is 276 g/mol. The summed E-state index contributed by atoms with van der Waals surface area (Å²) in [4.78, 5) is 15.1. The first-order valence-electron chi connectivity index (χ1n) is 5.76. The van der Waals surface area contributed by atoms with Gasteiger partial charge in [-0.25, -0.2) is 0 Å². The van der Waals surface area contributed by atoms with Crippen molar-refractivity contribution in [2.75, 3.05) is 0 Å². The Morgan fingerprint density at radius 3 is 2.58 bits per heavy atom. The van der Waals surface area contributed by atoms with Gasteiger partial charge in [0.15, 0.2) is 0 Å². The lowest BCUT2D eigenvalue weighted by molar-refractivity contribution is -0.138. The summed E-state index contributed by atoms with van der Waals surface area (Å²) in [6.07, 6.45) is 0.205. The summed E-state index contributed by atoms with van der Waals surface area (Å²) in [7, 11) is 0. The van der Waals surface area contributed by atoms with E-state index in [-0.39, 0.29) is 6.42 Å². The number of carbonyl (C=O) groups is 1. The van der Waals surface area contributed by atoms with E-state index in [1.165, 1.54) is 0 Å². The molecule has 1 heterocycles. The second-order valence-electron chi connectivity index (χ2n) is 4.17. The first kappa shape index (κ1) is 13.5. The lowest BCUT2D eigenvalue weighted by atomic mass is 10.1. The zero-order valence-electron chi connectivity index (χ0n) is 10.1. The molecule has 0 spiro atoms. The molecule has 0 radical (unpaired) electrons. The van der Waals surface area contributed by atoms with E-state index in [9.17, 15) is 4.79 Å². The van der Waals surface area contributed by atoms with Crippen molar-refractivity contribution in [2.45, 2.75) is 12.5 Å². The van der Waals surface area contributed by atoms with Crippen molar-refractivity contribution in [1.29, 1.82) is 0 Å². The van der Waals surface area contributed by atoms with Crippen LogP contribution in [-0.4, -0.2) is 22.1 Å². The highest BCUT2D eigenvalue weighted by molar-refractivity contribution is 6.30. The Morgan fingerprint density at radius 1 is 1.26 bits per heavy atom. The average molecular weight is 277 g/mol. The summed E-state index contributed by atoms with van der Waals surface area (Å²) in [6.45, 7) is 0. The molecular weight excluding hydrogens is 264 g/mol. The van der Waals surface area contributed by atoms with Crippen LogP contribution in [0.5, 0.6) is 0 Å². The first-order chi connectivity index (χ1) is 9.06. The molecule has 4 nitrogen and oxygen atoms in total. The maximum absolute atomic E-state index is 10.7.